The zero-order chi connectivity index (χ0) is 47.7. The highest BCUT2D eigenvalue weighted by Crippen LogP contribution is 2.15. The minimum absolute atomic E-state index is 0.0931. The Kier molecular flexibility index (Phi) is 52.9. The Balaban J connectivity index is 3.69. The van der Waals surface area contributed by atoms with E-state index < -0.39 is 12.1 Å². The van der Waals surface area contributed by atoms with E-state index in [4.69, 9.17) is 0 Å². The summed E-state index contributed by atoms with van der Waals surface area (Å²) < 4.78 is 0. The maximum absolute atomic E-state index is 12.5. The van der Waals surface area contributed by atoms with Crippen molar-refractivity contribution in [3.8, 4) is 0 Å². The van der Waals surface area contributed by atoms with Gasteiger partial charge in [0.25, 0.3) is 0 Å². The van der Waals surface area contributed by atoms with Crippen molar-refractivity contribution in [1.29, 1.82) is 0 Å². The average Bonchev–Trinajstić information content (AvgIpc) is 3.32. The highest BCUT2D eigenvalue weighted by Gasteiger charge is 2.17. The molecule has 0 saturated heterocycles. The molecule has 0 spiro atoms. The number of allylic oxidation sites excluding steroid dienone is 21. The summed E-state index contributed by atoms with van der Waals surface area (Å²) in [5, 5.41) is 23.1. The molecule has 0 saturated carbocycles. The van der Waals surface area contributed by atoms with Crippen LogP contribution in [-0.2, 0) is 4.79 Å². The van der Waals surface area contributed by atoms with Crippen LogP contribution in [0.3, 0.4) is 0 Å². The van der Waals surface area contributed by atoms with Crippen LogP contribution in [0.1, 0.15) is 232 Å². The molecule has 0 aliphatic carbocycles. The molecule has 0 heterocycles. The predicted molar refractivity (Wildman–Crippen MR) is 294 cm³/mol. The smallest absolute Gasteiger partial charge is 0.220 e. The van der Waals surface area contributed by atoms with Gasteiger partial charge in [-0.1, -0.05) is 263 Å². The van der Waals surface area contributed by atoms with E-state index in [-0.39, 0.29) is 12.5 Å². The Bertz CT molecular complexity index is 1350. The maximum Gasteiger partial charge on any atom is 0.220 e. The van der Waals surface area contributed by atoms with Crippen molar-refractivity contribution >= 4 is 5.91 Å². The van der Waals surface area contributed by atoms with Crippen molar-refractivity contribution in [2.75, 3.05) is 6.61 Å². The van der Waals surface area contributed by atoms with E-state index in [1.165, 1.54) is 103 Å². The molecule has 0 aliphatic rings. The lowest BCUT2D eigenvalue weighted by Crippen LogP contribution is -2.45. The molecule has 0 fully saturated rings. The van der Waals surface area contributed by atoms with Crippen molar-refractivity contribution < 1.29 is 15.0 Å². The van der Waals surface area contributed by atoms with Gasteiger partial charge in [-0.15, -0.1) is 0 Å². The number of hydrogen-bond donors (Lipinski definition) is 3. The summed E-state index contributed by atoms with van der Waals surface area (Å²) in [7, 11) is 0. The average molecular weight is 911 g/mol. The van der Waals surface area contributed by atoms with E-state index in [9.17, 15) is 15.0 Å². The molecule has 0 rings (SSSR count). The second-order valence-corrected chi connectivity index (χ2v) is 17.9. The fourth-order valence-electron chi connectivity index (χ4n) is 7.50. The highest BCUT2D eigenvalue weighted by molar-refractivity contribution is 5.76. The molecule has 0 aromatic carbocycles. The number of amides is 1. The lowest BCUT2D eigenvalue weighted by Gasteiger charge is -2.20. The summed E-state index contributed by atoms with van der Waals surface area (Å²) in [6, 6.07) is -0.646. The molecule has 0 aromatic heterocycles. The van der Waals surface area contributed by atoms with Crippen LogP contribution in [0.2, 0.25) is 0 Å². The van der Waals surface area contributed by atoms with Crippen LogP contribution in [0.15, 0.2) is 134 Å². The topological polar surface area (TPSA) is 69.6 Å². The lowest BCUT2D eigenvalue weighted by molar-refractivity contribution is -0.123. The molecule has 2 unspecified atom stereocenters. The molecule has 0 aromatic rings. The number of carbonyl (C=O) groups excluding carboxylic acids is 1. The summed E-state index contributed by atoms with van der Waals surface area (Å²) in [4.78, 5) is 12.5. The van der Waals surface area contributed by atoms with Gasteiger partial charge >= 0.3 is 0 Å². The van der Waals surface area contributed by atoms with E-state index in [1.54, 1.807) is 6.08 Å². The third-order valence-electron chi connectivity index (χ3n) is 11.6. The van der Waals surface area contributed by atoms with Gasteiger partial charge < -0.3 is 15.5 Å². The van der Waals surface area contributed by atoms with Crippen LogP contribution in [0.4, 0.5) is 0 Å². The van der Waals surface area contributed by atoms with E-state index in [0.29, 0.717) is 6.42 Å². The first-order valence-corrected chi connectivity index (χ1v) is 27.4. The second kappa shape index (κ2) is 55.9. The number of hydrogen-bond acceptors (Lipinski definition) is 3. The summed E-state index contributed by atoms with van der Waals surface area (Å²) in [5.41, 5.74) is 0. The van der Waals surface area contributed by atoms with Crippen LogP contribution in [0.25, 0.3) is 0 Å². The minimum atomic E-state index is -0.860. The van der Waals surface area contributed by atoms with Gasteiger partial charge in [0, 0.05) is 6.42 Å². The molecule has 1 amide bonds. The summed E-state index contributed by atoms with van der Waals surface area (Å²) in [6.45, 7) is 4.18. The zero-order valence-electron chi connectivity index (χ0n) is 42.9. The predicted octanol–water partition coefficient (Wildman–Crippen LogP) is 18.2. The van der Waals surface area contributed by atoms with Gasteiger partial charge in [-0.05, 0) is 96.3 Å². The zero-order valence-corrected chi connectivity index (χ0v) is 42.9. The Labute approximate surface area is 409 Å². The maximum atomic E-state index is 12.5. The normalized spacial score (nSPS) is 13.9. The number of unbranched alkanes of at least 4 members (excludes halogenated alkanes) is 21. The SMILES string of the molecule is CC/C=C\C/C=C\C/C=C\C/C=C\C/C=C\C/C=C\C/C=C\C/C=C\C/C=C\C/C=C\CCCCCCC(=O)NC(CO)C(O)/C=C/CCCCCCCCCCCCCCCCCCC. The monoisotopic (exact) mass is 910 g/mol. The van der Waals surface area contributed by atoms with Crippen molar-refractivity contribution in [3.63, 3.8) is 0 Å². The Morgan fingerprint density at radius 1 is 0.379 bits per heavy atom. The first-order chi connectivity index (χ1) is 32.7. The largest absolute Gasteiger partial charge is 0.394 e. The summed E-state index contributed by atoms with van der Waals surface area (Å²) >= 11 is 0. The van der Waals surface area contributed by atoms with Gasteiger partial charge in [0.05, 0.1) is 18.8 Å². The van der Waals surface area contributed by atoms with Crippen molar-refractivity contribution in [1.82, 2.24) is 5.32 Å². The molecule has 0 bridgehead atoms. The molecule has 0 aliphatic heterocycles. The van der Waals surface area contributed by atoms with Crippen LogP contribution < -0.4 is 5.32 Å². The Hall–Kier alpha value is -3.47. The fourth-order valence-corrected chi connectivity index (χ4v) is 7.50. The van der Waals surface area contributed by atoms with E-state index in [1.807, 2.05) is 6.08 Å². The molecule has 66 heavy (non-hydrogen) atoms. The van der Waals surface area contributed by atoms with Crippen molar-refractivity contribution in [2.24, 2.45) is 0 Å². The summed E-state index contributed by atoms with van der Waals surface area (Å²) in [6.07, 6.45) is 87.3. The van der Waals surface area contributed by atoms with Crippen molar-refractivity contribution in [3.05, 3.63) is 134 Å². The standard InChI is InChI=1S/C62H103NO3/c1-3-5-7-9-11-13-15-17-19-21-23-24-25-26-27-28-29-30-31-32-33-34-35-36-37-38-40-42-44-46-48-50-52-54-56-58-62(66)63-60(59-64)61(65)57-55-53-51-49-47-45-43-41-39-22-20-18-16-14-12-10-8-6-4-2/h5,7,11,13,17,19,23-24,26-27,29-30,32-33,35-36,38,40,44,46,55,57,60-61,64-65H,3-4,6,8-10,12,14-16,18,20-22,25,28,31,34,37,39,41-43,45,47-54,56,58-59H2,1-2H3,(H,63,66)/b7-5-,13-11-,19-17-,24-23-,27-26-,30-29-,33-32-,36-35-,40-38-,46-44-,57-55+. The summed E-state index contributed by atoms with van der Waals surface area (Å²) in [5.74, 6) is -0.0931. The van der Waals surface area contributed by atoms with Gasteiger partial charge in [0.1, 0.15) is 0 Å². The van der Waals surface area contributed by atoms with E-state index >= 15 is 0 Å². The third kappa shape index (κ3) is 51.5. The number of nitrogens with one attached hydrogen (secondary N) is 1. The number of rotatable bonds is 48. The number of aliphatic hydroxyl groups excluding tert-OH is 2. The quantitative estimate of drug-likeness (QED) is 0.0421. The van der Waals surface area contributed by atoms with Gasteiger partial charge in [0.2, 0.25) is 5.91 Å². The Morgan fingerprint density at radius 3 is 1.00 bits per heavy atom. The second-order valence-electron chi connectivity index (χ2n) is 17.9. The van der Waals surface area contributed by atoms with Gasteiger partial charge in [0.15, 0.2) is 0 Å². The van der Waals surface area contributed by atoms with E-state index in [0.717, 1.165) is 109 Å². The molecule has 374 valence electrons. The van der Waals surface area contributed by atoms with E-state index in [2.05, 4.69) is 141 Å². The minimum Gasteiger partial charge on any atom is -0.394 e. The first-order valence-electron chi connectivity index (χ1n) is 27.4. The molecule has 0 radical (unpaired) electrons. The highest BCUT2D eigenvalue weighted by atomic mass is 16.3. The van der Waals surface area contributed by atoms with Crippen LogP contribution in [0, 0.1) is 0 Å². The molecule has 4 nitrogen and oxygen atoms in total. The first kappa shape index (κ1) is 62.5. The molecular formula is C62H103NO3. The van der Waals surface area contributed by atoms with Gasteiger partial charge in [-0.2, -0.15) is 0 Å². The number of aliphatic hydroxyl groups is 2. The molecule has 2 atom stereocenters. The van der Waals surface area contributed by atoms with Crippen molar-refractivity contribution in [2.45, 2.75) is 244 Å². The van der Waals surface area contributed by atoms with Gasteiger partial charge in [-0.25, -0.2) is 0 Å². The van der Waals surface area contributed by atoms with Gasteiger partial charge in [-0.3, -0.25) is 4.79 Å². The van der Waals surface area contributed by atoms with Crippen LogP contribution in [0.5, 0.6) is 0 Å². The number of carbonyl (C=O) groups is 1. The fraction of sp³-hybridized carbons (Fsp3) is 0.629. The van der Waals surface area contributed by atoms with Crippen LogP contribution in [-0.4, -0.2) is 34.9 Å². The van der Waals surface area contributed by atoms with Crippen LogP contribution >= 0.6 is 0 Å². The Morgan fingerprint density at radius 2 is 0.667 bits per heavy atom. The third-order valence-corrected chi connectivity index (χ3v) is 11.6. The lowest BCUT2D eigenvalue weighted by atomic mass is 10.0. The molecule has 3 N–H and O–H groups in total. The molecule has 4 heteroatoms. The molecular weight excluding hydrogens is 807 g/mol.